The van der Waals surface area contributed by atoms with Gasteiger partial charge in [0.1, 0.15) is 5.75 Å². The lowest BCUT2D eigenvalue weighted by molar-refractivity contribution is -0.384. The lowest BCUT2D eigenvalue weighted by atomic mass is 10.1. The Labute approximate surface area is 179 Å². The Morgan fingerprint density at radius 1 is 1.00 bits per heavy atom. The zero-order valence-corrected chi connectivity index (χ0v) is 17.0. The van der Waals surface area contributed by atoms with Crippen molar-refractivity contribution >= 4 is 17.4 Å². The van der Waals surface area contributed by atoms with Gasteiger partial charge < -0.3 is 14.5 Å². The van der Waals surface area contributed by atoms with Crippen molar-refractivity contribution in [2.24, 2.45) is 0 Å². The fraction of sp³-hybridized carbons (Fsp3) is 0.227. The normalized spacial score (nSPS) is 13.7. The first kappa shape index (κ1) is 20.3. The smallest absolute Gasteiger partial charge is 0.270 e. The highest BCUT2D eigenvalue weighted by Crippen LogP contribution is 2.22. The lowest BCUT2D eigenvalue weighted by Gasteiger charge is -2.35. The van der Waals surface area contributed by atoms with Crippen LogP contribution in [0.3, 0.4) is 0 Å². The fourth-order valence-electron chi connectivity index (χ4n) is 3.48. The van der Waals surface area contributed by atoms with Gasteiger partial charge in [-0.2, -0.15) is 0 Å². The molecule has 0 atom stereocenters. The summed E-state index contributed by atoms with van der Waals surface area (Å²) >= 11 is 0. The number of piperazine rings is 1. The van der Waals surface area contributed by atoms with Crippen LogP contribution in [0.25, 0.3) is 11.3 Å². The van der Waals surface area contributed by atoms with Gasteiger partial charge in [-0.3, -0.25) is 14.9 Å². The molecule has 0 N–H and O–H groups in total. The molecule has 1 saturated heterocycles. The van der Waals surface area contributed by atoms with E-state index in [0.29, 0.717) is 31.7 Å². The summed E-state index contributed by atoms with van der Waals surface area (Å²) in [5, 5.41) is 19.6. The molecule has 3 aromatic rings. The third-order valence-corrected chi connectivity index (χ3v) is 5.23. The van der Waals surface area contributed by atoms with Crippen LogP contribution in [0.2, 0.25) is 0 Å². The SMILES string of the molecule is COc1ccc(-c2ccc(N3CCN(C(=O)c4cccc([N+](=O)[O-])c4)CC3)nn2)cc1. The third kappa shape index (κ3) is 4.45. The average molecular weight is 419 g/mol. The van der Waals surface area contributed by atoms with Crippen molar-refractivity contribution in [1.82, 2.24) is 15.1 Å². The van der Waals surface area contributed by atoms with Gasteiger partial charge in [0.05, 0.1) is 17.7 Å². The van der Waals surface area contributed by atoms with E-state index in [-0.39, 0.29) is 11.6 Å². The average Bonchev–Trinajstić information content (AvgIpc) is 2.84. The molecule has 1 aliphatic rings. The standard InChI is InChI=1S/C22H21N5O4/c1-31-19-7-5-16(6-8-19)20-9-10-21(24-23-20)25-11-13-26(14-12-25)22(28)17-3-2-4-18(15-17)27(29)30/h2-10,15H,11-14H2,1H3. The van der Waals surface area contributed by atoms with Crippen LogP contribution in [-0.2, 0) is 0 Å². The van der Waals surface area contributed by atoms with Gasteiger partial charge in [-0.05, 0) is 42.5 Å². The highest BCUT2D eigenvalue weighted by Gasteiger charge is 2.24. The number of hydrogen-bond donors (Lipinski definition) is 0. The molecule has 4 rings (SSSR count). The zero-order valence-electron chi connectivity index (χ0n) is 17.0. The molecule has 0 aliphatic carbocycles. The van der Waals surface area contributed by atoms with Gasteiger partial charge in [0.25, 0.3) is 11.6 Å². The first-order chi connectivity index (χ1) is 15.0. The minimum atomic E-state index is -0.497. The summed E-state index contributed by atoms with van der Waals surface area (Å²) in [4.78, 5) is 26.9. The minimum Gasteiger partial charge on any atom is -0.497 e. The number of nitrogens with zero attached hydrogens (tertiary/aromatic N) is 5. The van der Waals surface area contributed by atoms with E-state index in [4.69, 9.17) is 4.74 Å². The maximum Gasteiger partial charge on any atom is 0.270 e. The summed E-state index contributed by atoms with van der Waals surface area (Å²) in [7, 11) is 1.63. The molecule has 158 valence electrons. The number of benzene rings is 2. The molecule has 1 amide bonds. The molecule has 0 bridgehead atoms. The number of amides is 1. The highest BCUT2D eigenvalue weighted by atomic mass is 16.6. The lowest BCUT2D eigenvalue weighted by Crippen LogP contribution is -2.49. The molecule has 2 aromatic carbocycles. The van der Waals surface area contributed by atoms with Gasteiger partial charge in [-0.1, -0.05) is 6.07 Å². The van der Waals surface area contributed by atoms with Crippen molar-refractivity contribution in [3.63, 3.8) is 0 Å². The van der Waals surface area contributed by atoms with Crippen molar-refractivity contribution in [2.45, 2.75) is 0 Å². The van der Waals surface area contributed by atoms with Crippen molar-refractivity contribution in [1.29, 1.82) is 0 Å². The fourth-order valence-corrected chi connectivity index (χ4v) is 3.48. The number of carbonyl (C=O) groups excluding carboxylic acids is 1. The highest BCUT2D eigenvalue weighted by molar-refractivity contribution is 5.95. The van der Waals surface area contributed by atoms with Crippen LogP contribution in [0.5, 0.6) is 5.75 Å². The third-order valence-electron chi connectivity index (χ3n) is 5.23. The zero-order chi connectivity index (χ0) is 21.8. The molecular weight excluding hydrogens is 398 g/mol. The molecule has 2 heterocycles. The first-order valence-corrected chi connectivity index (χ1v) is 9.82. The Morgan fingerprint density at radius 2 is 1.74 bits per heavy atom. The Kier molecular flexibility index (Phi) is 5.74. The number of nitro benzene ring substituents is 1. The quantitative estimate of drug-likeness (QED) is 0.463. The number of anilines is 1. The van der Waals surface area contributed by atoms with Crippen LogP contribution in [0.1, 0.15) is 10.4 Å². The van der Waals surface area contributed by atoms with E-state index in [1.807, 2.05) is 36.4 Å². The number of carbonyl (C=O) groups is 1. The first-order valence-electron chi connectivity index (χ1n) is 9.82. The van der Waals surface area contributed by atoms with E-state index >= 15 is 0 Å². The second-order valence-corrected chi connectivity index (χ2v) is 7.09. The Hall–Kier alpha value is -4.01. The van der Waals surface area contributed by atoms with E-state index < -0.39 is 4.92 Å². The Balaban J connectivity index is 1.38. The molecule has 9 nitrogen and oxygen atoms in total. The number of methoxy groups -OCH3 is 1. The largest absolute Gasteiger partial charge is 0.497 e. The summed E-state index contributed by atoms with van der Waals surface area (Å²) in [6.07, 6.45) is 0. The topological polar surface area (TPSA) is 102 Å². The van der Waals surface area contributed by atoms with Crippen LogP contribution >= 0.6 is 0 Å². The molecule has 0 saturated carbocycles. The van der Waals surface area contributed by atoms with Gasteiger partial charge in [-0.25, -0.2) is 0 Å². The second kappa shape index (κ2) is 8.78. The van der Waals surface area contributed by atoms with Crippen LogP contribution in [0.15, 0.2) is 60.7 Å². The molecular formula is C22H21N5O4. The van der Waals surface area contributed by atoms with Crippen molar-refractivity contribution < 1.29 is 14.5 Å². The number of rotatable bonds is 5. The van der Waals surface area contributed by atoms with E-state index in [1.54, 1.807) is 18.1 Å². The predicted molar refractivity (Wildman–Crippen MR) is 115 cm³/mol. The number of aromatic nitrogens is 2. The maximum absolute atomic E-state index is 12.7. The molecule has 9 heteroatoms. The Bertz CT molecular complexity index is 1080. The van der Waals surface area contributed by atoms with Gasteiger partial charge in [0, 0.05) is 49.4 Å². The van der Waals surface area contributed by atoms with E-state index in [0.717, 1.165) is 22.8 Å². The van der Waals surface area contributed by atoms with Gasteiger partial charge in [-0.15, -0.1) is 10.2 Å². The molecule has 0 spiro atoms. The number of nitro groups is 1. The van der Waals surface area contributed by atoms with Gasteiger partial charge in [0.2, 0.25) is 0 Å². The summed E-state index contributed by atoms with van der Waals surface area (Å²) in [6.45, 7) is 2.22. The summed E-state index contributed by atoms with van der Waals surface area (Å²) < 4.78 is 5.17. The number of non-ortho nitro benzene ring substituents is 1. The van der Waals surface area contributed by atoms with Gasteiger partial charge >= 0.3 is 0 Å². The maximum atomic E-state index is 12.7. The van der Waals surface area contributed by atoms with Crippen LogP contribution < -0.4 is 9.64 Å². The summed E-state index contributed by atoms with van der Waals surface area (Å²) in [6, 6.07) is 17.3. The molecule has 31 heavy (non-hydrogen) atoms. The van der Waals surface area contributed by atoms with Crippen molar-refractivity contribution in [3.8, 4) is 17.0 Å². The van der Waals surface area contributed by atoms with E-state index in [9.17, 15) is 14.9 Å². The van der Waals surface area contributed by atoms with Crippen LogP contribution in [0.4, 0.5) is 11.5 Å². The molecule has 1 fully saturated rings. The Morgan fingerprint density at radius 3 is 2.35 bits per heavy atom. The molecule has 0 radical (unpaired) electrons. The predicted octanol–water partition coefficient (Wildman–Crippen LogP) is 3.02. The van der Waals surface area contributed by atoms with Crippen molar-refractivity contribution in [3.05, 3.63) is 76.3 Å². The monoisotopic (exact) mass is 419 g/mol. The number of hydrogen-bond acceptors (Lipinski definition) is 7. The summed E-state index contributed by atoms with van der Waals surface area (Å²) in [5.74, 6) is 1.33. The minimum absolute atomic E-state index is 0.0864. The molecule has 1 aliphatic heterocycles. The molecule has 0 unspecified atom stereocenters. The second-order valence-electron chi connectivity index (χ2n) is 7.09. The number of ether oxygens (including phenoxy) is 1. The van der Waals surface area contributed by atoms with E-state index in [2.05, 4.69) is 15.1 Å². The van der Waals surface area contributed by atoms with Crippen LogP contribution in [-0.4, -0.2) is 59.2 Å². The van der Waals surface area contributed by atoms with Crippen molar-refractivity contribution in [2.75, 3.05) is 38.2 Å². The summed E-state index contributed by atoms with van der Waals surface area (Å²) in [5.41, 5.74) is 1.96. The molecule has 1 aromatic heterocycles. The van der Waals surface area contributed by atoms with Crippen LogP contribution in [0, 0.1) is 10.1 Å². The van der Waals surface area contributed by atoms with Gasteiger partial charge in [0.15, 0.2) is 5.82 Å². The van der Waals surface area contributed by atoms with E-state index in [1.165, 1.54) is 18.2 Å².